The van der Waals surface area contributed by atoms with Crippen molar-refractivity contribution in [2.75, 3.05) is 7.11 Å². The van der Waals surface area contributed by atoms with Crippen LogP contribution in [0, 0.1) is 19.8 Å². The van der Waals surface area contributed by atoms with E-state index in [-0.39, 0.29) is 5.97 Å². The highest BCUT2D eigenvalue weighted by Gasteiger charge is 2.18. The Bertz CT molecular complexity index is 422. The van der Waals surface area contributed by atoms with Crippen LogP contribution >= 0.6 is 0 Å². The number of hydrogen-bond acceptors (Lipinski definition) is 3. The fraction of sp³-hybridized carbons (Fsp3) is 0.588. The zero-order valence-corrected chi connectivity index (χ0v) is 13.1. The maximum atomic E-state index is 11.4. The summed E-state index contributed by atoms with van der Waals surface area (Å²) in [6, 6.07) is 6.16. The van der Waals surface area contributed by atoms with Crippen LogP contribution < -0.4 is 5.73 Å². The Hall–Kier alpha value is -1.35. The SMILES string of the molecule is CCC(CCc1cc(C)cc(C)c1)CC(N)C(=O)OC. The van der Waals surface area contributed by atoms with E-state index >= 15 is 0 Å². The first kappa shape index (κ1) is 16.7. The molecule has 0 spiro atoms. The minimum absolute atomic E-state index is 0.310. The van der Waals surface area contributed by atoms with Gasteiger partial charge in [0.05, 0.1) is 7.11 Å². The van der Waals surface area contributed by atoms with Crippen LogP contribution in [-0.2, 0) is 16.0 Å². The summed E-state index contributed by atoms with van der Waals surface area (Å²) in [6.45, 7) is 6.40. The van der Waals surface area contributed by atoms with Crippen molar-refractivity contribution in [2.45, 2.75) is 52.5 Å². The highest BCUT2D eigenvalue weighted by Crippen LogP contribution is 2.19. The summed E-state index contributed by atoms with van der Waals surface area (Å²) >= 11 is 0. The average molecular weight is 277 g/mol. The second-order valence-electron chi connectivity index (χ2n) is 5.67. The summed E-state index contributed by atoms with van der Waals surface area (Å²) in [5.74, 6) is 0.153. The number of aryl methyl sites for hydroxylation is 3. The van der Waals surface area contributed by atoms with Crippen molar-refractivity contribution in [1.29, 1.82) is 0 Å². The molecule has 0 aliphatic heterocycles. The van der Waals surface area contributed by atoms with Gasteiger partial charge in [-0.05, 0) is 44.6 Å². The van der Waals surface area contributed by atoms with Crippen molar-refractivity contribution >= 4 is 5.97 Å². The molecule has 112 valence electrons. The van der Waals surface area contributed by atoms with Crippen LogP contribution in [0.25, 0.3) is 0 Å². The number of carbonyl (C=O) groups excluding carboxylic acids is 1. The fourth-order valence-corrected chi connectivity index (χ4v) is 2.68. The van der Waals surface area contributed by atoms with Crippen molar-refractivity contribution in [1.82, 2.24) is 0 Å². The monoisotopic (exact) mass is 277 g/mol. The molecule has 0 radical (unpaired) electrons. The van der Waals surface area contributed by atoms with E-state index in [2.05, 4.69) is 43.7 Å². The Morgan fingerprint density at radius 1 is 1.25 bits per heavy atom. The molecule has 0 fully saturated rings. The van der Waals surface area contributed by atoms with Crippen molar-refractivity contribution in [2.24, 2.45) is 11.7 Å². The molecule has 0 amide bonds. The first-order valence-electron chi connectivity index (χ1n) is 7.36. The van der Waals surface area contributed by atoms with Crippen LogP contribution in [0.3, 0.4) is 0 Å². The average Bonchev–Trinajstić information content (AvgIpc) is 2.41. The molecule has 0 aliphatic carbocycles. The van der Waals surface area contributed by atoms with Gasteiger partial charge < -0.3 is 10.5 Å². The van der Waals surface area contributed by atoms with Gasteiger partial charge in [-0.15, -0.1) is 0 Å². The summed E-state index contributed by atoms with van der Waals surface area (Å²) in [6.07, 6.45) is 3.84. The lowest BCUT2D eigenvalue weighted by molar-refractivity contribution is -0.142. The lowest BCUT2D eigenvalue weighted by atomic mass is 9.90. The maximum Gasteiger partial charge on any atom is 0.322 e. The molecule has 20 heavy (non-hydrogen) atoms. The standard InChI is InChI=1S/C17H27NO2/c1-5-14(11-16(18)17(19)20-4)6-7-15-9-12(2)8-13(3)10-15/h8-10,14,16H,5-7,11,18H2,1-4H3. The van der Waals surface area contributed by atoms with Gasteiger partial charge in [0.1, 0.15) is 6.04 Å². The molecule has 0 bridgehead atoms. The minimum atomic E-state index is -0.496. The molecule has 2 atom stereocenters. The molecule has 3 heteroatoms. The predicted molar refractivity (Wildman–Crippen MR) is 82.6 cm³/mol. The predicted octanol–water partition coefficient (Wildman–Crippen LogP) is 3.15. The minimum Gasteiger partial charge on any atom is -0.468 e. The number of esters is 1. The third kappa shape index (κ3) is 5.33. The second kappa shape index (κ2) is 8.05. The Morgan fingerprint density at radius 3 is 2.35 bits per heavy atom. The second-order valence-corrected chi connectivity index (χ2v) is 5.67. The van der Waals surface area contributed by atoms with Crippen molar-refractivity contribution < 1.29 is 9.53 Å². The van der Waals surface area contributed by atoms with Crippen molar-refractivity contribution in [3.8, 4) is 0 Å². The maximum absolute atomic E-state index is 11.4. The molecule has 0 heterocycles. The van der Waals surface area contributed by atoms with E-state index in [0.29, 0.717) is 12.3 Å². The number of benzene rings is 1. The topological polar surface area (TPSA) is 52.3 Å². The van der Waals surface area contributed by atoms with Crippen LogP contribution in [0.15, 0.2) is 18.2 Å². The van der Waals surface area contributed by atoms with E-state index in [0.717, 1.165) is 19.3 Å². The Morgan fingerprint density at radius 2 is 1.85 bits per heavy atom. The van der Waals surface area contributed by atoms with Gasteiger partial charge in [-0.25, -0.2) is 0 Å². The highest BCUT2D eigenvalue weighted by atomic mass is 16.5. The first-order chi connectivity index (χ1) is 9.46. The molecule has 0 saturated carbocycles. The molecule has 0 saturated heterocycles. The van der Waals surface area contributed by atoms with Gasteiger partial charge in [-0.2, -0.15) is 0 Å². The summed E-state index contributed by atoms with van der Waals surface area (Å²) in [5.41, 5.74) is 9.82. The zero-order chi connectivity index (χ0) is 15.1. The summed E-state index contributed by atoms with van der Waals surface area (Å²) in [5, 5.41) is 0. The molecule has 0 aliphatic rings. The normalized spacial score (nSPS) is 13.8. The van der Waals surface area contributed by atoms with E-state index < -0.39 is 6.04 Å². The number of methoxy groups -OCH3 is 1. The third-order valence-electron chi connectivity index (χ3n) is 3.79. The fourth-order valence-electron chi connectivity index (χ4n) is 2.68. The number of ether oxygens (including phenoxy) is 1. The molecular formula is C17H27NO2. The number of carbonyl (C=O) groups is 1. The van der Waals surface area contributed by atoms with E-state index in [9.17, 15) is 4.79 Å². The number of nitrogens with two attached hydrogens (primary N) is 1. The van der Waals surface area contributed by atoms with Gasteiger partial charge in [-0.3, -0.25) is 4.79 Å². The van der Waals surface area contributed by atoms with Gasteiger partial charge in [0, 0.05) is 0 Å². The smallest absolute Gasteiger partial charge is 0.322 e. The molecule has 2 N–H and O–H groups in total. The van der Waals surface area contributed by atoms with Crippen LogP contribution in [0.2, 0.25) is 0 Å². The van der Waals surface area contributed by atoms with Crippen LogP contribution in [0.5, 0.6) is 0 Å². The summed E-state index contributed by atoms with van der Waals surface area (Å²) < 4.78 is 4.69. The number of hydrogen-bond donors (Lipinski definition) is 1. The van der Waals surface area contributed by atoms with Gasteiger partial charge in [0.2, 0.25) is 0 Å². The Kier molecular flexibility index (Phi) is 6.73. The van der Waals surface area contributed by atoms with Gasteiger partial charge in [0.15, 0.2) is 0 Å². The van der Waals surface area contributed by atoms with Crippen molar-refractivity contribution in [3.05, 3.63) is 34.9 Å². The molecule has 1 aromatic carbocycles. The van der Waals surface area contributed by atoms with Gasteiger partial charge >= 0.3 is 5.97 Å². The van der Waals surface area contributed by atoms with Crippen molar-refractivity contribution in [3.63, 3.8) is 0 Å². The van der Waals surface area contributed by atoms with Crippen LogP contribution in [0.4, 0.5) is 0 Å². The van der Waals surface area contributed by atoms with E-state index in [1.54, 1.807) is 0 Å². The first-order valence-corrected chi connectivity index (χ1v) is 7.36. The third-order valence-corrected chi connectivity index (χ3v) is 3.79. The quantitative estimate of drug-likeness (QED) is 0.779. The molecular weight excluding hydrogens is 250 g/mol. The van der Waals surface area contributed by atoms with Gasteiger partial charge in [0.25, 0.3) is 0 Å². The van der Waals surface area contributed by atoms with E-state index in [1.807, 2.05) is 0 Å². The number of rotatable bonds is 7. The summed E-state index contributed by atoms with van der Waals surface area (Å²) in [7, 11) is 1.39. The zero-order valence-electron chi connectivity index (χ0n) is 13.1. The largest absolute Gasteiger partial charge is 0.468 e. The van der Waals surface area contributed by atoms with Crippen LogP contribution in [0.1, 0.15) is 42.9 Å². The molecule has 2 unspecified atom stereocenters. The lowest BCUT2D eigenvalue weighted by Gasteiger charge is -2.18. The van der Waals surface area contributed by atoms with Gasteiger partial charge in [-0.1, -0.05) is 42.7 Å². The molecule has 3 nitrogen and oxygen atoms in total. The Labute approximate surface area is 122 Å². The highest BCUT2D eigenvalue weighted by molar-refractivity contribution is 5.75. The molecule has 1 aromatic rings. The van der Waals surface area contributed by atoms with Crippen LogP contribution in [-0.4, -0.2) is 19.1 Å². The molecule has 0 aromatic heterocycles. The Balaban J connectivity index is 2.54. The van der Waals surface area contributed by atoms with E-state index in [1.165, 1.54) is 23.8 Å². The van der Waals surface area contributed by atoms with E-state index in [4.69, 9.17) is 5.73 Å². The molecule has 1 rings (SSSR count). The lowest BCUT2D eigenvalue weighted by Crippen LogP contribution is -2.33. The summed E-state index contributed by atoms with van der Waals surface area (Å²) in [4.78, 5) is 11.4.